The van der Waals surface area contributed by atoms with E-state index in [-0.39, 0.29) is 40.1 Å². The number of hydrogen-bond acceptors (Lipinski definition) is 11. The van der Waals surface area contributed by atoms with Gasteiger partial charge in [0, 0.05) is 22.3 Å². The van der Waals surface area contributed by atoms with Crippen LogP contribution in [0.15, 0.2) is 18.2 Å². The number of ether oxygens (including phenoxy) is 3. The van der Waals surface area contributed by atoms with E-state index < -0.39 is 129 Å². The van der Waals surface area contributed by atoms with E-state index in [1.165, 1.54) is 33.1 Å². The number of rotatable bonds is 7. The van der Waals surface area contributed by atoms with Gasteiger partial charge in [0.25, 0.3) is 11.8 Å². The Bertz CT molecular complexity index is 2230. The Morgan fingerprint density at radius 1 is 1.05 bits per heavy atom. The molecule has 4 fully saturated rings. The van der Waals surface area contributed by atoms with Gasteiger partial charge < -0.3 is 29.7 Å². The number of benzene rings is 1. The third-order valence-electron chi connectivity index (χ3n) is 13.2. The van der Waals surface area contributed by atoms with Crippen molar-refractivity contribution in [2.45, 2.75) is 143 Å². The van der Waals surface area contributed by atoms with Gasteiger partial charge in [0.1, 0.15) is 35.6 Å². The van der Waals surface area contributed by atoms with E-state index in [2.05, 4.69) is 43.2 Å². The van der Waals surface area contributed by atoms with Gasteiger partial charge >= 0.3 is 6.09 Å². The highest BCUT2D eigenvalue weighted by Gasteiger charge is 2.67. The van der Waals surface area contributed by atoms with Gasteiger partial charge in [-0.25, -0.2) is 32.0 Å². The number of carbonyl (C=O) groups excluding carboxylic acids is 4. The highest BCUT2D eigenvalue weighted by atomic mass is 127. The molecule has 1 saturated heterocycles. The summed E-state index contributed by atoms with van der Waals surface area (Å²) in [5, 5.41) is 5.10. The minimum Gasteiger partial charge on any atom is -0.497 e. The summed E-state index contributed by atoms with van der Waals surface area (Å²) in [6, 6.07) is 1.55. The van der Waals surface area contributed by atoms with Crippen molar-refractivity contribution in [3.05, 3.63) is 23.9 Å². The third-order valence-corrected chi connectivity index (χ3v) is 16.4. The van der Waals surface area contributed by atoms with E-state index >= 15 is 8.78 Å². The number of hydrogen-bond donors (Lipinski definition) is 3. The second-order valence-corrected chi connectivity index (χ2v) is 22.8. The lowest BCUT2D eigenvalue weighted by molar-refractivity contribution is -0.143. The van der Waals surface area contributed by atoms with Gasteiger partial charge in [0.2, 0.25) is 34.1 Å². The summed E-state index contributed by atoms with van der Waals surface area (Å²) in [4.78, 5) is 66.7. The van der Waals surface area contributed by atoms with Gasteiger partial charge in [-0.05, 0) is 75.3 Å². The number of carbonyl (C=O) groups is 4. The molecule has 2 aromatic rings. The molecule has 2 aliphatic heterocycles. The number of amides is 4. The van der Waals surface area contributed by atoms with Gasteiger partial charge in [-0.3, -0.25) is 19.1 Å². The summed E-state index contributed by atoms with van der Waals surface area (Å²) in [5.74, 6) is -10.0. The number of alkyl carbamates (subject to hydrolysis) is 1. The number of sulfonamides is 1. The first-order chi connectivity index (χ1) is 28.9. The second kappa shape index (κ2) is 16.7. The van der Waals surface area contributed by atoms with Crippen molar-refractivity contribution in [2.75, 3.05) is 13.7 Å². The molecular weight excluding hydrogens is 955 g/mol. The van der Waals surface area contributed by atoms with E-state index in [1.807, 2.05) is 4.72 Å². The highest BCUT2D eigenvalue weighted by Crippen LogP contribution is 2.50. The van der Waals surface area contributed by atoms with E-state index in [9.17, 15) is 36.4 Å². The van der Waals surface area contributed by atoms with Crippen molar-refractivity contribution in [2.24, 2.45) is 23.2 Å². The van der Waals surface area contributed by atoms with Gasteiger partial charge in [0.15, 0.2) is 5.69 Å². The first-order valence-electron chi connectivity index (χ1n) is 20.9. The first-order valence-corrected chi connectivity index (χ1v) is 23.6. The van der Waals surface area contributed by atoms with Crippen LogP contribution in [0.5, 0.6) is 11.6 Å². The van der Waals surface area contributed by atoms with Crippen molar-refractivity contribution >= 4 is 67.5 Å². The molecule has 0 radical (unpaired) electrons. The zero-order chi connectivity index (χ0) is 45.3. The van der Waals surface area contributed by atoms with Gasteiger partial charge in [-0.15, -0.1) is 0 Å². The molecule has 3 saturated carbocycles. The summed E-state index contributed by atoms with van der Waals surface area (Å²) < 4.78 is 106. The summed E-state index contributed by atoms with van der Waals surface area (Å²) in [6.07, 6.45) is -4.41. The van der Waals surface area contributed by atoms with E-state index in [1.54, 1.807) is 26.8 Å². The molecule has 0 unspecified atom stereocenters. The van der Waals surface area contributed by atoms with Crippen LogP contribution >= 0.6 is 22.6 Å². The number of aromatic nitrogens is 2. The maximum absolute atomic E-state index is 16.5. The zero-order valence-corrected chi connectivity index (χ0v) is 38.3. The van der Waals surface area contributed by atoms with Crippen LogP contribution in [0.1, 0.15) is 98.1 Å². The molecule has 2 bridgehead atoms. The number of nitrogens with one attached hydrogen (secondary N) is 3. The molecule has 4 amide bonds. The molecule has 5 aliphatic rings. The molecule has 3 N–H and O–H groups in total. The fourth-order valence-electron chi connectivity index (χ4n) is 8.89. The maximum Gasteiger partial charge on any atom is 0.408 e. The smallest absolute Gasteiger partial charge is 0.408 e. The van der Waals surface area contributed by atoms with E-state index in [0.29, 0.717) is 31.4 Å². The Morgan fingerprint density at radius 3 is 2.39 bits per heavy atom. The average Bonchev–Trinajstić information content (AvgIpc) is 4.06. The predicted octanol–water partition coefficient (Wildman–Crippen LogP) is 5.76. The van der Waals surface area contributed by atoms with E-state index in [0.717, 1.165) is 4.90 Å². The van der Waals surface area contributed by atoms with Crippen LogP contribution in [0.4, 0.5) is 22.4 Å². The largest absolute Gasteiger partial charge is 0.497 e. The van der Waals surface area contributed by atoms with Crippen LogP contribution in [0.25, 0.3) is 11.0 Å². The fourth-order valence-corrected chi connectivity index (χ4v) is 11.4. The predicted molar refractivity (Wildman–Crippen MR) is 224 cm³/mol. The Hall–Kier alpha value is -3.76. The Labute approximate surface area is 371 Å². The standard InChI is InChI=1S/C41H53F4IN6O9S/c1-20-28-19-52(29(20)33(53)50-40(18-24(40)32(42)43)36(55)51-62(57,58)39(5)13-14-39)35(54)31(38(2,3)4)49-37(56)61-27-16-22(46)15-21(27)9-7-8-12-41(44,45)30-34(60-28)48-26-17-23(59-6)10-11-25(26)47-30/h10-11,17,20-22,24,27-29,31-32H,7-9,12-16,18-19H2,1-6H3,(H,49,56)(H,50,53)(H,51,55)/t20-,21-,22-,24+,27-,28+,29+,31-,40-/m1/s1. The quantitative estimate of drug-likeness (QED) is 0.174. The van der Waals surface area contributed by atoms with Crippen LogP contribution in [0.3, 0.4) is 0 Å². The van der Waals surface area contributed by atoms with Gasteiger partial charge in [-0.1, -0.05) is 56.7 Å². The molecule has 9 atom stereocenters. The number of nitrogens with zero attached hydrogens (tertiary/aromatic N) is 3. The fraction of sp³-hybridized carbons (Fsp3) is 0.707. The lowest BCUT2D eigenvalue weighted by atomic mass is 9.85. The number of alkyl halides is 5. The minimum atomic E-state index is -4.32. The normalized spacial score (nSPS) is 32.3. The SMILES string of the molecule is COc1ccc2nc3c(nc2c1)O[C@H]1CN(C(=O)[C@H](C(C)(C)C)NC(=O)O[C@@H]2C[C@H](I)C[C@H]2CCCCC3(F)F)[C@H](C(=O)N[C@]2(C(=O)NS(=O)(=O)C3(C)CC3)C[C@H]2C(F)F)[C@@H]1C. The summed E-state index contributed by atoms with van der Waals surface area (Å²) in [5.41, 5.74) is -3.86. The van der Waals surface area contributed by atoms with Crippen molar-refractivity contribution in [1.82, 2.24) is 30.2 Å². The average molecular weight is 1010 g/mol. The van der Waals surface area contributed by atoms with Crippen LogP contribution in [0, 0.1) is 23.2 Å². The molecule has 0 spiro atoms. The number of methoxy groups -OCH3 is 1. The highest BCUT2D eigenvalue weighted by molar-refractivity contribution is 14.1. The summed E-state index contributed by atoms with van der Waals surface area (Å²) in [6.45, 7) is 7.46. The van der Waals surface area contributed by atoms with Crippen LogP contribution in [0.2, 0.25) is 0 Å². The molecule has 1 aromatic heterocycles. The van der Waals surface area contributed by atoms with Crippen LogP contribution in [-0.2, 0) is 35.1 Å². The van der Waals surface area contributed by atoms with Crippen LogP contribution < -0.4 is 24.8 Å². The molecule has 7 rings (SSSR count). The molecule has 62 heavy (non-hydrogen) atoms. The zero-order valence-electron chi connectivity index (χ0n) is 35.3. The monoisotopic (exact) mass is 1010 g/mol. The molecule has 1 aromatic carbocycles. The van der Waals surface area contributed by atoms with Crippen molar-refractivity contribution < 1.29 is 59.4 Å². The van der Waals surface area contributed by atoms with Crippen molar-refractivity contribution in [3.63, 3.8) is 0 Å². The Kier molecular flexibility index (Phi) is 12.4. The molecule has 3 aliphatic carbocycles. The topological polar surface area (TPSA) is 195 Å². The molecule has 3 heterocycles. The van der Waals surface area contributed by atoms with Crippen molar-refractivity contribution in [3.8, 4) is 11.6 Å². The number of fused-ring (bicyclic) bond motifs is 5. The lowest BCUT2D eigenvalue weighted by Crippen LogP contribution is -2.61. The van der Waals surface area contributed by atoms with Gasteiger partial charge in [0.05, 0.1) is 35.4 Å². The molecular formula is C41H53F4IN6O9S. The Morgan fingerprint density at radius 2 is 1.76 bits per heavy atom. The first kappa shape index (κ1) is 46.2. The summed E-state index contributed by atoms with van der Waals surface area (Å²) >= 11 is 2.27. The Balaban J connectivity index is 1.29. The maximum atomic E-state index is 16.5. The second-order valence-electron chi connectivity index (χ2n) is 18.8. The molecule has 21 heteroatoms. The van der Waals surface area contributed by atoms with Crippen LogP contribution in [-0.4, -0.2) is 106 Å². The summed E-state index contributed by atoms with van der Waals surface area (Å²) in [7, 11) is -2.90. The lowest BCUT2D eigenvalue weighted by Gasteiger charge is -2.36. The van der Waals surface area contributed by atoms with Crippen molar-refractivity contribution in [1.29, 1.82) is 0 Å². The molecule has 342 valence electrons. The van der Waals surface area contributed by atoms with Gasteiger partial charge in [-0.2, -0.15) is 8.78 Å². The number of halogens is 5. The third kappa shape index (κ3) is 8.98. The van der Waals surface area contributed by atoms with E-state index in [4.69, 9.17) is 14.2 Å². The molecule has 15 nitrogen and oxygen atoms in total. The minimum absolute atomic E-state index is 0.0853.